The molecule has 1 aliphatic heterocycles. The Morgan fingerprint density at radius 3 is 2.71 bits per heavy atom. The lowest BCUT2D eigenvalue weighted by atomic mass is 9.96. The van der Waals surface area contributed by atoms with Crippen LogP contribution in [-0.4, -0.2) is 40.1 Å². The van der Waals surface area contributed by atoms with E-state index in [2.05, 4.69) is 15.5 Å². The van der Waals surface area contributed by atoms with E-state index in [0.29, 0.717) is 31.1 Å². The summed E-state index contributed by atoms with van der Waals surface area (Å²) in [5.74, 6) is -0.394. The van der Waals surface area contributed by atoms with Gasteiger partial charge in [-0.1, -0.05) is 11.3 Å². The number of anilines is 1. The van der Waals surface area contributed by atoms with Crippen LogP contribution >= 0.6 is 11.3 Å². The molecule has 1 saturated heterocycles. The minimum absolute atomic E-state index is 0.111. The molecule has 1 aromatic rings. The second-order valence-electron chi connectivity index (χ2n) is 3.84. The van der Waals surface area contributed by atoms with Gasteiger partial charge in [-0.3, -0.25) is 10.1 Å². The second kappa shape index (κ2) is 5.09. The molecule has 7 nitrogen and oxygen atoms in total. The molecule has 3 amide bonds. The first-order valence-electron chi connectivity index (χ1n) is 5.28. The van der Waals surface area contributed by atoms with E-state index < -0.39 is 0 Å². The normalized spacial score (nSPS) is 16.8. The van der Waals surface area contributed by atoms with Crippen molar-refractivity contribution >= 4 is 28.4 Å². The average molecular weight is 255 g/mol. The third-order valence-electron chi connectivity index (χ3n) is 2.76. The minimum atomic E-state index is -0.283. The van der Waals surface area contributed by atoms with Crippen LogP contribution in [0.15, 0.2) is 5.51 Å². The zero-order valence-electron chi connectivity index (χ0n) is 9.13. The highest BCUT2D eigenvalue weighted by atomic mass is 32.1. The molecule has 0 spiro atoms. The Hall–Kier alpha value is -1.70. The van der Waals surface area contributed by atoms with Crippen LogP contribution in [0.5, 0.6) is 0 Å². The first-order valence-corrected chi connectivity index (χ1v) is 6.16. The van der Waals surface area contributed by atoms with E-state index in [4.69, 9.17) is 5.73 Å². The third kappa shape index (κ3) is 2.90. The number of hydrogen-bond donors (Lipinski definition) is 2. The standard InChI is InChI=1S/C9H13N5O2S/c10-7(15)6-1-3-14(4-2-6)9(16)12-8-13-11-5-17-8/h5-6H,1-4H2,(H2,10,15)(H,12,13,16). The molecule has 0 atom stereocenters. The predicted molar refractivity (Wildman–Crippen MR) is 62.4 cm³/mol. The van der Waals surface area contributed by atoms with E-state index in [1.165, 1.54) is 11.3 Å². The maximum absolute atomic E-state index is 11.8. The van der Waals surface area contributed by atoms with Gasteiger partial charge in [-0.25, -0.2) is 4.79 Å². The molecule has 0 saturated carbocycles. The van der Waals surface area contributed by atoms with E-state index >= 15 is 0 Å². The van der Waals surface area contributed by atoms with Crippen LogP contribution in [0.25, 0.3) is 0 Å². The van der Waals surface area contributed by atoms with Crippen molar-refractivity contribution in [2.24, 2.45) is 11.7 Å². The van der Waals surface area contributed by atoms with Crippen LogP contribution in [0, 0.1) is 5.92 Å². The fourth-order valence-electron chi connectivity index (χ4n) is 1.77. The number of nitrogens with one attached hydrogen (secondary N) is 1. The maximum Gasteiger partial charge on any atom is 0.323 e. The number of carbonyl (C=O) groups excluding carboxylic acids is 2. The highest BCUT2D eigenvalue weighted by Gasteiger charge is 2.26. The summed E-state index contributed by atoms with van der Waals surface area (Å²) in [6.45, 7) is 1.08. The van der Waals surface area contributed by atoms with E-state index in [9.17, 15) is 9.59 Å². The first kappa shape index (κ1) is 11.8. The Kier molecular flexibility index (Phi) is 3.52. The van der Waals surface area contributed by atoms with Crippen LogP contribution < -0.4 is 11.1 Å². The quantitative estimate of drug-likeness (QED) is 0.791. The first-order chi connectivity index (χ1) is 8.16. The molecule has 17 heavy (non-hydrogen) atoms. The molecule has 8 heteroatoms. The number of amides is 3. The summed E-state index contributed by atoms with van der Waals surface area (Å²) in [7, 11) is 0. The van der Waals surface area contributed by atoms with Crippen LogP contribution in [0.3, 0.4) is 0 Å². The summed E-state index contributed by atoms with van der Waals surface area (Å²) in [4.78, 5) is 24.4. The summed E-state index contributed by atoms with van der Waals surface area (Å²) in [6.07, 6.45) is 1.25. The Labute approximate surface area is 102 Å². The van der Waals surface area contributed by atoms with Gasteiger partial charge < -0.3 is 10.6 Å². The summed E-state index contributed by atoms with van der Waals surface area (Å²) >= 11 is 1.27. The topological polar surface area (TPSA) is 101 Å². The number of carbonyl (C=O) groups is 2. The molecular weight excluding hydrogens is 242 g/mol. The zero-order chi connectivity index (χ0) is 12.3. The highest BCUT2D eigenvalue weighted by Crippen LogP contribution is 2.18. The van der Waals surface area contributed by atoms with Crippen molar-refractivity contribution in [3.8, 4) is 0 Å². The molecule has 2 heterocycles. The maximum atomic E-state index is 11.8. The lowest BCUT2D eigenvalue weighted by Gasteiger charge is -2.30. The number of rotatable bonds is 2. The fourth-order valence-corrected chi connectivity index (χ4v) is 2.20. The Morgan fingerprint density at radius 2 is 2.18 bits per heavy atom. The number of aromatic nitrogens is 2. The third-order valence-corrected chi connectivity index (χ3v) is 3.37. The summed E-state index contributed by atoms with van der Waals surface area (Å²) in [5, 5.41) is 10.5. The molecule has 2 rings (SSSR count). The van der Waals surface area contributed by atoms with Gasteiger partial charge in [0.1, 0.15) is 5.51 Å². The molecule has 0 aliphatic carbocycles. The summed E-state index contributed by atoms with van der Waals surface area (Å²) in [6, 6.07) is -0.204. The average Bonchev–Trinajstić information content (AvgIpc) is 2.82. The van der Waals surface area contributed by atoms with Crippen molar-refractivity contribution in [2.75, 3.05) is 18.4 Å². The zero-order valence-corrected chi connectivity index (χ0v) is 9.94. The monoisotopic (exact) mass is 255 g/mol. The number of nitrogens with two attached hydrogens (primary N) is 1. The van der Waals surface area contributed by atoms with Gasteiger partial charge in [-0.15, -0.1) is 10.2 Å². The number of primary amides is 1. The molecule has 0 aromatic carbocycles. The molecule has 92 valence electrons. The minimum Gasteiger partial charge on any atom is -0.369 e. The largest absolute Gasteiger partial charge is 0.369 e. The molecule has 1 fully saturated rings. The summed E-state index contributed by atoms with van der Waals surface area (Å²) in [5.41, 5.74) is 6.77. The number of piperidine rings is 1. The van der Waals surface area contributed by atoms with Gasteiger partial charge in [0, 0.05) is 19.0 Å². The molecule has 0 bridgehead atoms. The van der Waals surface area contributed by atoms with Crippen molar-refractivity contribution < 1.29 is 9.59 Å². The molecule has 1 aromatic heterocycles. The van der Waals surface area contributed by atoms with Crippen molar-refractivity contribution in [3.63, 3.8) is 0 Å². The van der Waals surface area contributed by atoms with Gasteiger partial charge in [0.2, 0.25) is 11.0 Å². The molecule has 3 N–H and O–H groups in total. The Balaban J connectivity index is 1.84. The van der Waals surface area contributed by atoms with E-state index in [-0.39, 0.29) is 17.9 Å². The highest BCUT2D eigenvalue weighted by molar-refractivity contribution is 7.13. The SMILES string of the molecule is NC(=O)C1CCN(C(=O)Nc2nncs2)CC1. The van der Waals surface area contributed by atoms with Crippen molar-refractivity contribution in [1.29, 1.82) is 0 Å². The molecule has 0 radical (unpaired) electrons. The van der Waals surface area contributed by atoms with E-state index in [0.717, 1.165) is 0 Å². The Morgan fingerprint density at radius 1 is 1.47 bits per heavy atom. The van der Waals surface area contributed by atoms with Crippen molar-refractivity contribution in [2.45, 2.75) is 12.8 Å². The lowest BCUT2D eigenvalue weighted by Crippen LogP contribution is -2.43. The van der Waals surface area contributed by atoms with Crippen molar-refractivity contribution in [3.05, 3.63) is 5.51 Å². The number of likely N-dealkylation sites (tertiary alicyclic amines) is 1. The van der Waals surface area contributed by atoms with Gasteiger partial charge in [0.25, 0.3) is 0 Å². The van der Waals surface area contributed by atoms with Crippen LogP contribution in [0.2, 0.25) is 0 Å². The fraction of sp³-hybridized carbons (Fsp3) is 0.556. The Bertz CT molecular complexity index is 400. The van der Waals surface area contributed by atoms with Gasteiger partial charge in [0.15, 0.2) is 0 Å². The van der Waals surface area contributed by atoms with Gasteiger partial charge >= 0.3 is 6.03 Å². The second-order valence-corrected chi connectivity index (χ2v) is 4.67. The van der Waals surface area contributed by atoms with Crippen LogP contribution in [0.1, 0.15) is 12.8 Å². The van der Waals surface area contributed by atoms with Crippen LogP contribution in [0.4, 0.5) is 9.93 Å². The summed E-state index contributed by atoms with van der Waals surface area (Å²) < 4.78 is 0. The number of nitrogens with zero attached hydrogens (tertiary/aromatic N) is 3. The van der Waals surface area contributed by atoms with E-state index in [1.54, 1.807) is 10.4 Å². The number of urea groups is 1. The smallest absolute Gasteiger partial charge is 0.323 e. The van der Waals surface area contributed by atoms with Crippen LogP contribution in [-0.2, 0) is 4.79 Å². The van der Waals surface area contributed by atoms with E-state index in [1.807, 2.05) is 0 Å². The van der Waals surface area contributed by atoms with Crippen molar-refractivity contribution in [1.82, 2.24) is 15.1 Å². The molecule has 1 aliphatic rings. The predicted octanol–water partition coefficient (Wildman–Crippen LogP) is 0.267. The van der Waals surface area contributed by atoms with Gasteiger partial charge in [-0.2, -0.15) is 0 Å². The molecular formula is C9H13N5O2S. The van der Waals surface area contributed by atoms with Gasteiger partial charge in [0.05, 0.1) is 0 Å². The van der Waals surface area contributed by atoms with Gasteiger partial charge in [-0.05, 0) is 12.8 Å². The molecule has 0 unspecified atom stereocenters. The lowest BCUT2D eigenvalue weighted by molar-refractivity contribution is -0.122. The number of hydrogen-bond acceptors (Lipinski definition) is 5.